The first-order valence-corrected chi connectivity index (χ1v) is 9.12. The van der Waals surface area contributed by atoms with Gasteiger partial charge in [0.1, 0.15) is 22.0 Å². The van der Waals surface area contributed by atoms with Crippen molar-refractivity contribution in [1.29, 1.82) is 0 Å². The minimum Gasteiger partial charge on any atom is -0.465 e. The summed E-state index contributed by atoms with van der Waals surface area (Å²) in [6.07, 6.45) is 1.11. The fourth-order valence-electron chi connectivity index (χ4n) is 2.62. The monoisotopic (exact) mass is 341 g/mol. The average molecular weight is 341 g/mol. The summed E-state index contributed by atoms with van der Waals surface area (Å²) in [6.45, 7) is 2.24. The number of carbonyl (C=O) groups excluding carboxylic acids is 1. The van der Waals surface area contributed by atoms with Crippen LogP contribution in [-0.2, 0) is 19.6 Å². The maximum Gasteiger partial charge on any atom is 0.324 e. The second kappa shape index (κ2) is 5.90. The molecule has 1 aromatic carbocycles. The zero-order valence-electron chi connectivity index (χ0n) is 11.9. The van der Waals surface area contributed by atoms with Crippen molar-refractivity contribution in [1.82, 2.24) is 13.1 Å². The van der Waals surface area contributed by atoms with E-state index in [-0.39, 0.29) is 11.5 Å². The largest absolute Gasteiger partial charge is 0.465 e. The van der Waals surface area contributed by atoms with E-state index in [1.54, 1.807) is 19.1 Å². The van der Waals surface area contributed by atoms with Crippen LogP contribution in [0.1, 0.15) is 19.8 Å². The van der Waals surface area contributed by atoms with E-state index in [0.717, 1.165) is 11.7 Å². The lowest BCUT2D eigenvalue weighted by Gasteiger charge is -2.22. The van der Waals surface area contributed by atoms with E-state index in [4.69, 9.17) is 4.74 Å². The van der Waals surface area contributed by atoms with Gasteiger partial charge in [0.2, 0.25) is 10.0 Å². The summed E-state index contributed by atoms with van der Waals surface area (Å²) in [5.74, 6) is -0.493. The third kappa shape index (κ3) is 2.49. The average Bonchev–Trinajstić information content (AvgIpc) is 3.16. The Hall–Kier alpha value is -1.58. The maximum absolute atomic E-state index is 12.9. The Morgan fingerprint density at radius 2 is 2.27 bits per heavy atom. The first-order chi connectivity index (χ1) is 10.6. The van der Waals surface area contributed by atoms with Crippen LogP contribution >= 0.6 is 11.7 Å². The van der Waals surface area contributed by atoms with Crippen LogP contribution in [0.5, 0.6) is 0 Å². The number of nitrogens with zero attached hydrogens (tertiary/aromatic N) is 3. The zero-order valence-corrected chi connectivity index (χ0v) is 13.6. The predicted molar refractivity (Wildman–Crippen MR) is 81.0 cm³/mol. The Kier molecular flexibility index (Phi) is 4.11. The van der Waals surface area contributed by atoms with Crippen molar-refractivity contribution in [2.75, 3.05) is 13.2 Å². The number of rotatable bonds is 4. The summed E-state index contributed by atoms with van der Waals surface area (Å²) in [4.78, 5) is 12.1. The molecule has 0 unspecified atom stereocenters. The van der Waals surface area contributed by atoms with Crippen molar-refractivity contribution >= 4 is 38.8 Å². The fraction of sp³-hybridized carbons (Fsp3) is 0.462. The molecule has 9 heteroatoms. The van der Waals surface area contributed by atoms with Crippen molar-refractivity contribution in [3.05, 3.63) is 18.2 Å². The van der Waals surface area contributed by atoms with Gasteiger partial charge in [-0.3, -0.25) is 4.79 Å². The molecule has 0 bridgehead atoms. The Labute approximate surface area is 132 Å². The van der Waals surface area contributed by atoms with Crippen molar-refractivity contribution < 1.29 is 17.9 Å². The molecule has 0 radical (unpaired) electrons. The Morgan fingerprint density at radius 3 is 3.05 bits per heavy atom. The molecule has 0 saturated carbocycles. The van der Waals surface area contributed by atoms with Crippen LogP contribution in [-0.4, -0.2) is 46.6 Å². The van der Waals surface area contributed by atoms with Crippen molar-refractivity contribution in [3.63, 3.8) is 0 Å². The number of sulfonamides is 1. The molecule has 1 saturated heterocycles. The standard InChI is InChI=1S/C13H15N3O4S2/c1-2-20-13(17)10-6-4-8-16(10)22(18,19)11-7-3-5-9-12(11)15-21-14-9/h3,5,7,10H,2,4,6,8H2,1H3/t10-/m0/s1. The molecule has 1 aliphatic rings. The van der Waals surface area contributed by atoms with Crippen LogP contribution in [0, 0.1) is 0 Å². The maximum atomic E-state index is 12.9. The van der Waals surface area contributed by atoms with Gasteiger partial charge in [0.15, 0.2) is 0 Å². The Balaban J connectivity index is 2.02. The Bertz CT molecular complexity index is 802. The molecule has 0 spiro atoms. The Morgan fingerprint density at radius 1 is 1.45 bits per heavy atom. The molecule has 22 heavy (non-hydrogen) atoms. The third-order valence-electron chi connectivity index (χ3n) is 3.60. The molecule has 0 amide bonds. The van der Waals surface area contributed by atoms with E-state index in [9.17, 15) is 13.2 Å². The van der Waals surface area contributed by atoms with E-state index in [1.165, 1.54) is 10.4 Å². The number of hydrogen-bond donors (Lipinski definition) is 0. The van der Waals surface area contributed by atoms with E-state index in [1.807, 2.05) is 0 Å². The van der Waals surface area contributed by atoms with Gasteiger partial charge in [-0.2, -0.15) is 13.1 Å². The summed E-state index contributed by atoms with van der Waals surface area (Å²) in [6, 6.07) is 4.09. The SMILES string of the molecule is CCOC(=O)[C@@H]1CCCN1S(=O)(=O)c1cccc2nsnc12. The second-order valence-electron chi connectivity index (χ2n) is 4.91. The first kappa shape index (κ1) is 15.3. The van der Waals surface area contributed by atoms with Crippen LogP contribution in [0.25, 0.3) is 11.0 Å². The van der Waals surface area contributed by atoms with Gasteiger partial charge in [-0.25, -0.2) is 8.42 Å². The molecule has 1 aliphatic heterocycles. The van der Waals surface area contributed by atoms with Gasteiger partial charge in [0.05, 0.1) is 18.3 Å². The van der Waals surface area contributed by atoms with E-state index < -0.39 is 22.0 Å². The predicted octanol–water partition coefficient (Wildman–Crippen LogP) is 1.41. The highest BCUT2D eigenvalue weighted by Crippen LogP contribution is 2.30. The number of aromatic nitrogens is 2. The van der Waals surface area contributed by atoms with Crippen LogP contribution in [0.15, 0.2) is 23.1 Å². The summed E-state index contributed by atoms with van der Waals surface area (Å²) < 4.78 is 40.2. The van der Waals surface area contributed by atoms with E-state index in [2.05, 4.69) is 8.75 Å². The molecule has 0 N–H and O–H groups in total. The normalized spacial score (nSPS) is 19.6. The lowest BCUT2D eigenvalue weighted by molar-refractivity contribution is -0.146. The molecular weight excluding hydrogens is 326 g/mol. The molecule has 7 nitrogen and oxygen atoms in total. The molecule has 2 heterocycles. The topological polar surface area (TPSA) is 89.5 Å². The number of benzene rings is 1. The minimum absolute atomic E-state index is 0.0925. The summed E-state index contributed by atoms with van der Waals surface area (Å²) >= 11 is 0.966. The van der Waals surface area contributed by atoms with Crippen molar-refractivity contribution in [3.8, 4) is 0 Å². The molecule has 1 atom stereocenters. The van der Waals surface area contributed by atoms with Crippen molar-refractivity contribution in [2.24, 2.45) is 0 Å². The third-order valence-corrected chi connectivity index (χ3v) is 6.08. The van der Waals surface area contributed by atoms with Gasteiger partial charge in [-0.1, -0.05) is 6.07 Å². The summed E-state index contributed by atoms with van der Waals surface area (Å²) in [7, 11) is -3.81. The van der Waals surface area contributed by atoms with Crippen LogP contribution in [0.3, 0.4) is 0 Å². The van der Waals surface area contributed by atoms with Gasteiger partial charge in [0, 0.05) is 6.54 Å². The van der Waals surface area contributed by atoms with Gasteiger partial charge in [-0.05, 0) is 31.9 Å². The minimum atomic E-state index is -3.81. The van der Waals surface area contributed by atoms with Gasteiger partial charge in [0.25, 0.3) is 0 Å². The fourth-order valence-corrected chi connectivity index (χ4v) is 5.02. The highest BCUT2D eigenvalue weighted by Gasteiger charge is 2.41. The number of hydrogen-bond acceptors (Lipinski definition) is 7. The van der Waals surface area contributed by atoms with Crippen LogP contribution in [0.2, 0.25) is 0 Å². The molecule has 3 rings (SSSR count). The second-order valence-corrected chi connectivity index (χ2v) is 7.30. The highest BCUT2D eigenvalue weighted by molar-refractivity contribution is 7.89. The van der Waals surface area contributed by atoms with E-state index in [0.29, 0.717) is 30.4 Å². The number of esters is 1. The molecular formula is C13H15N3O4S2. The first-order valence-electron chi connectivity index (χ1n) is 6.95. The van der Waals surface area contributed by atoms with Crippen LogP contribution < -0.4 is 0 Å². The molecule has 2 aromatic rings. The number of carbonyl (C=O) groups is 1. The zero-order chi connectivity index (χ0) is 15.7. The van der Waals surface area contributed by atoms with Crippen LogP contribution in [0.4, 0.5) is 0 Å². The van der Waals surface area contributed by atoms with Gasteiger partial charge < -0.3 is 4.74 Å². The van der Waals surface area contributed by atoms with Gasteiger partial charge >= 0.3 is 5.97 Å². The molecule has 0 aliphatic carbocycles. The highest BCUT2D eigenvalue weighted by atomic mass is 32.2. The number of fused-ring (bicyclic) bond motifs is 1. The van der Waals surface area contributed by atoms with E-state index >= 15 is 0 Å². The molecule has 118 valence electrons. The quantitative estimate of drug-likeness (QED) is 0.781. The molecule has 1 aromatic heterocycles. The lowest BCUT2D eigenvalue weighted by Crippen LogP contribution is -2.41. The summed E-state index contributed by atoms with van der Waals surface area (Å²) in [5, 5.41) is 0. The van der Waals surface area contributed by atoms with Gasteiger partial charge in [-0.15, -0.1) is 0 Å². The van der Waals surface area contributed by atoms with Crippen molar-refractivity contribution in [2.45, 2.75) is 30.7 Å². The summed E-state index contributed by atoms with van der Waals surface area (Å²) in [5.41, 5.74) is 0.889. The smallest absolute Gasteiger partial charge is 0.324 e. The lowest BCUT2D eigenvalue weighted by atomic mass is 10.2. The molecule has 1 fully saturated rings. The number of ether oxygens (including phenoxy) is 1.